The summed E-state index contributed by atoms with van der Waals surface area (Å²) in [6.07, 6.45) is 1.69. The number of hydrogen-bond donors (Lipinski definition) is 0. The van der Waals surface area contributed by atoms with Crippen molar-refractivity contribution in [2.75, 3.05) is 0 Å². The quantitative estimate of drug-likeness (QED) is 0.552. The molecule has 0 amide bonds. The van der Waals surface area contributed by atoms with Crippen LogP contribution < -0.4 is 0 Å². The second-order valence-corrected chi connectivity index (χ2v) is 4.06. The van der Waals surface area contributed by atoms with Crippen molar-refractivity contribution in [1.29, 1.82) is 0 Å². The van der Waals surface area contributed by atoms with Gasteiger partial charge in [-0.2, -0.15) is 0 Å². The maximum atomic E-state index is 5.01. The van der Waals surface area contributed by atoms with Gasteiger partial charge in [0.2, 0.25) is 0 Å². The van der Waals surface area contributed by atoms with Crippen molar-refractivity contribution in [2.24, 2.45) is 0 Å². The first-order chi connectivity index (χ1) is 6.40. The van der Waals surface area contributed by atoms with Crippen LogP contribution in [-0.2, 0) is 0 Å². The summed E-state index contributed by atoms with van der Waals surface area (Å²) in [5.41, 5.74) is 1.73. The zero-order valence-electron chi connectivity index (χ0n) is 6.45. The van der Waals surface area contributed by atoms with Gasteiger partial charge in [0.1, 0.15) is 0 Å². The fraction of sp³-hybridized carbons (Fsp3) is 0. The Balaban J connectivity index is 2.48. The molecule has 2 rings (SSSR count). The molecular weight excluding hydrogens is 297 g/mol. The summed E-state index contributed by atoms with van der Waals surface area (Å²) < 4.78 is 5.01. The van der Waals surface area contributed by atoms with Gasteiger partial charge in [0.15, 0.2) is 5.58 Å². The van der Waals surface area contributed by atoms with E-state index in [0.717, 1.165) is 16.5 Å². The van der Waals surface area contributed by atoms with E-state index in [1.165, 1.54) is 8.93 Å². The molecule has 1 heterocycles. The third kappa shape index (κ3) is 1.98. The van der Waals surface area contributed by atoms with Crippen molar-refractivity contribution in [3.05, 3.63) is 30.0 Å². The minimum absolute atomic E-state index is 0.783. The highest BCUT2D eigenvalue weighted by Crippen LogP contribution is 2.15. The molecule has 2 nitrogen and oxygen atoms in total. The van der Waals surface area contributed by atoms with Crippen molar-refractivity contribution in [2.45, 2.75) is 0 Å². The highest BCUT2D eigenvalue weighted by atomic mass is 127. The van der Waals surface area contributed by atoms with Crippen LogP contribution in [0.25, 0.3) is 11.0 Å². The minimum Gasteiger partial charge on any atom is -0.356 e. The van der Waals surface area contributed by atoms with Crippen LogP contribution in [0.3, 0.4) is 0 Å². The molecule has 0 N–H and O–H groups in total. The maximum Gasteiger partial charge on any atom is 0.168 e. The highest BCUT2D eigenvalue weighted by Gasteiger charge is 1.97. The maximum absolute atomic E-state index is 5.01. The first kappa shape index (κ1) is 8.91. The lowest BCUT2D eigenvalue weighted by atomic mass is 10.2. The van der Waals surface area contributed by atoms with E-state index in [-0.39, 0.29) is 0 Å². The first-order valence-electron chi connectivity index (χ1n) is 3.53. The fourth-order valence-electron chi connectivity index (χ4n) is 1.02. The molecule has 0 aliphatic rings. The van der Waals surface area contributed by atoms with Crippen LogP contribution in [0.5, 0.6) is 0 Å². The van der Waals surface area contributed by atoms with Crippen molar-refractivity contribution in [3.8, 4) is 11.2 Å². The molecule has 0 aliphatic heterocycles. The molecule has 2 aromatic rings. The molecule has 0 saturated heterocycles. The average molecular weight is 301 g/mol. The zero-order chi connectivity index (χ0) is 9.10. The number of rotatable bonds is 0. The van der Waals surface area contributed by atoms with Crippen LogP contribution in [0.2, 0.25) is 0 Å². The summed E-state index contributed by atoms with van der Waals surface area (Å²) in [4.78, 5) is 0. The van der Waals surface area contributed by atoms with E-state index in [4.69, 9.17) is 4.52 Å². The van der Waals surface area contributed by atoms with Crippen LogP contribution in [0.1, 0.15) is 5.56 Å². The van der Waals surface area contributed by atoms with Crippen LogP contribution in [0.4, 0.5) is 0 Å². The molecule has 0 bridgehead atoms. The zero-order valence-corrected chi connectivity index (χ0v) is 9.43. The first-order valence-corrected chi connectivity index (χ1v) is 6.89. The molecule has 13 heavy (non-hydrogen) atoms. The molecule has 0 unspecified atom stereocenters. The lowest BCUT2D eigenvalue weighted by molar-refractivity contribution is 0.456. The summed E-state index contributed by atoms with van der Waals surface area (Å²) in [6, 6.07) is 5.80. The molecule has 0 fully saturated rings. The summed E-state index contributed by atoms with van der Waals surface area (Å²) >= 11 is 2.14. The molecule has 1 aromatic heterocycles. The largest absolute Gasteiger partial charge is 0.356 e. The summed E-state index contributed by atoms with van der Waals surface area (Å²) in [6.45, 7) is 0. The Morgan fingerprint density at radius 3 is 3.23 bits per heavy atom. The molecule has 64 valence electrons. The van der Waals surface area contributed by atoms with Crippen molar-refractivity contribution in [1.82, 2.24) is 5.16 Å². The van der Waals surface area contributed by atoms with Gasteiger partial charge in [0.25, 0.3) is 0 Å². The van der Waals surface area contributed by atoms with E-state index >= 15 is 0 Å². The summed E-state index contributed by atoms with van der Waals surface area (Å²) in [7, 11) is 1.47. The van der Waals surface area contributed by atoms with E-state index in [0.29, 0.717) is 0 Å². The fourth-order valence-corrected chi connectivity index (χ4v) is 1.50. The average Bonchev–Trinajstić information content (AvgIpc) is 2.61. The monoisotopic (exact) mass is 301 g/mol. The van der Waals surface area contributed by atoms with Crippen LogP contribution in [-0.4, -0.2) is 5.16 Å². The molecule has 0 spiro atoms. The summed E-state index contributed by atoms with van der Waals surface area (Å²) in [5.74, 6) is 2.99. The Bertz CT molecular complexity index is 483. The molecule has 1 aromatic carbocycles. The SMILES string of the molecule is ISC#Cc1ccc2cnoc2c1. The third-order valence-electron chi connectivity index (χ3n) is 1.59. The number of fused-ring (bicyclic) bond motifs is 1. The Kier molecular flexibility index (Phi) is 2.76. The number of nitrogens with zero attached hydrogens (tertiary/aromatic N) is 1. The van der Waals surface area contributed by atoms with Gasteiger partial charge in [0, 0.05) is 32.2 Å². The Morgan fingerprint density at radius 1 is 1.46 bits per heavy atom. The van der Waals surface area contributed by atoms with E-state index in [9.17, 15) is 0 Å². The molecule has 0 radical (unpaired) electrons. The molecule has 0 saturated carbocycles. The molecular formula is C9H4INOS. The van der Waals surface area contributed by atoms with Crippen molar-refractivity contribution >= 4 is 41.1 Å². The summed E-state index contributed by atoms with van der Waals surface area (Å²) in [5, 5.41) is 7.61. The number of halogens is 1. The minimum atomic E-state index is 0.783. The van der Waals surface area contributed by atoms with Gasteiger partial charge in [-0.1, -0.05) is 11.1 Å². The van der Waals surface area contributed by atoms with Gasteiger partial charge in [0.05, 0.1) is 6.20 Å². The standard InChI is InChI=1S/C9H4INOS/c10-13-4-3-7-1-2-8-6-11-12-9(8)5-7/h1-2,5-6H. The van der Waals surface area contributed by atoms with Gasteiger partial charge in [-0.05, 0) is 32.4 Å². The van der Waals surface area contributed by atoms with Gasteiger partial charge in [-0.15, -0.1) is 0 Å². The topological polar surface area (TPSA) is 26.0 Å². The van der Waals surface area contributed by atoms with Crippen molar-refractivity contribution < 1.29 is 4.52 Å². The van der Waals surface area contributed by atoms with Crippen LogP contribution in [0, 0.1) is 11.2 Å². The van der Waals surface area contributed by atoms with Gasteiger partial charge < -0.3 is 4.52 Å². The number of benzene rings is 1. The van der Waals surface area contributed by atoms with E-state index in [1.54, 1.807) is 6.20 Å². The van der Waals surface area contributed by atoms with Crippen LogP contribution >= 0.6 is 30.1 Å². The normalized spacial score (nSPS) is 9.62. The molecule has 0 atom stereocenters. The Hall–Kier alpha value is -0.670. The highest BCUT2D eigenvalue weighted by molar-refractivity contribution is 14.2. The molecule has 0 aliphatic carbocycles. The number of aromatic nitrogens is 1. The van der Waals surface area contributed by atoms with Gasteiger partial charge in [-0.3, -0.25) is 0 Å². The van der Waals surface area contributed by atoms with E-state index < -0.39 is 0 Å². The third-order valence-corrected chi connectivity index (χ3v) is 2.43. The second kappa shape index (κ2) is 4.03. The predicted octanol–water partition coefficient (Wildman–Crippen LogP) is 3.22. The van der Waals surface area contributed by atoms with E-state index in [1.807, 2.05) is 18.2 Å². The smallest absolute Gasteiger partial charge is 0.168 e. The van der Waals surface area contributed by atoms with Gasteiger partial charge >= 0.3 is 0 Å². The molecule has 4 heteroatoms. The Morgan fingerprint density at radius 2 is 2.38 bits per heavy atom. The van der Waals surface area contributed by atoms with Crippen molar-refractivity contribution in [3.63, 3.8) is 0 Å². The predicted molar refractivity (Wildman–Crippen MR) is 62.5 cm³/mol. The van der Waals surface area contributed by atoms with Gasteiger partial charge in [-0.25, -0.2) is 0 Å². The lowest BCUT2D eigenvalue weighted by Gasteiger charge is -1.87. The second-order valence-electron chi connectivity index (χ2n) is 2.38. The van der Waals surface area contributed by atoms with E-state index in [2.05, 4.69) is 37.5 Å². The van der Waals surface area contributed by atoms with Crippen LogP contribution in [0.15, 0.2) is 28.9 Å². The Labute approximate surface area is 91.6 Å². The number of hydrogen-bond acceptors (Lipinski definition) is 3. The lowest BCUT2D eigenvalue weighted by Crippen LogP contribution is -1.71.